The molecule has 1 rings (SSSR count). The normalized spacial score (nSPS) is 16.1. The molecule has 0 aromatic heterocycles. The molecule has 1 saturated heterocycles. The van der Waals surface area contributed by atoms with Crippen LogP contribution in [0.5, 0.6) is 0 Å². The van der Waals surface area contributed by atoms with Gasteiger partial charge in [-0.05, 0) is 20.8 Å². The van der Waals surface area contributed by atoms with E-state index in [1.165, 1.54) is 7.11 Å². The maximum atomic E-state index is 11.6. The molecule has 1 heterocycles. The molecule has 0 radical (unpaired) electrons. The summed E-state index contributed by atoms with van der Waals surface area (Å²) in [7, 11) is 1.36. The van der Waals surface area contributed by atoms with Gasteiger partial charge < -0.3 is 19.7 Å². The SMILES string of the molecule is COC(=O)CNCC1CN(C(=O)OC(C)(C)C)C1. The molecule has 0 aromatic rings. The lowest BCUT2D eigenvalue weighted by Crippen LogP contribution is -2.54. The van der Waals surface area contributed by atoms with Crippen molar-refractivity contribution in [1.29, 1.82) is 0 Å². The van der Waals surface area contributed by atoms with Gasteiger partial charge >= 0.3 is 12.1 Å². The van der Waals surface area contributed by atoms with E-state index in [2.05, 4.69) is 10.1 Å². The summed E-state index contributed by atoms with van der Waals surface area (Å²) in [5.74, 6) is 0.0977. The number of nitrogens with one attached hydrogen (secondary N) is 1. The van der Waals surface area contributed by atoms with Crippen molar-refractivity contribution < 1.29 is 19.1 Å². The van der Waals surface area contributed by atoms with Crippen molar-refractivity contribution in [3.63, 3.8) is 0 Å². The minimum absolute atomic E-state index is 0.208. The van der Waals surface area contributed by atoms with Gasteiger partial charge in [0.05, 0.1) is 13.7 Å². The van der Waals surface area contributed by atoms with Gasteiger partial charge in [0.2, 0.25) is 0 Å². The number of ether oxygens (including phenoxy) is 2. The van der Waals surface area contributed by atoms with Crippen LogP contribution in [-0.4, -0.2) is 55.9 Å². The van der Waals surface area contributed by atoms with Crippen LogP contribution in [0.25, 0.3) is 0 Å². The van der Waals surface area contributed by atoms with E-state index in [9.17, 15) is 9.59 Å². The summed E-state index contributed by atoms with van der Waals surface area (Å²) in [6.45, 7) is 7.79. The zero-order chi connectivity index (χ0) is 13.8. The minimum atomic E-state index is -0.453. The first kappa shape index (κ1) is 14.8. The highest BCUT2D eigenvalue weighted by Crippen LogP contribution is 2.18. The van der Waals surface area contributed by atoms with Crippen molar-refractivity contribution in [1.82, 2.24) is 10.2 Å². The third-order valence-corrected chi connectivity index (χ3v) is 2.54. The smallest absolute Gasteiger partial charge is 0.410 e. The van der Waals surface area contributed by atoms with Gasteiger partial charge in [-0.3, -0.25) is 4.79 Å². The average Bonchev–Trinajstić information content (AvgIpc) is 2.17. The highest BCUT2D eigenvalue weighted by Gasteiger charge is 2.33. The van der Waals surface area contributed by atoms with E-state index >= 15 is 0 Å². The van der Waals surface area contributed by atoms with Gasteiger partial charge in [-0.2, -0.15) is 0 Å². The lowest BCUT2D eigenvalue weighted by atomic mass is 10.0. The van der Waals surface area contributed by atoms with Crippen molar-refractivity contribution in [3.8, 4) is 0 Å². The fourth-order valence-electron chi connectivity index (χ4n) is 1.63. The number of amides is 1. The van der Waals surface area contributed by atoms with Crippen molar-refractivity contribution in [2.45, 2.75) is 26.4 Å². The standard InChI is InChI=1S/C12H22N2O4/c1-12(2,3)18-11(16)14-7-9(8-14)5-13-6-10(15)17-4/h9,13H,5-8H2,1-4H3. The Morgan fingerprint density at radius 3 is 2.44 bits per heavy atom. The van der Waals surface area contributed by atoms with E-state index in [-0.39, 0.29) is 18.6 Å². The number of esters is 1. The summed E-state index contributed by atoms with van der Waals surface area (Å²) in [5, 5.41) is 2.99. The van der Waals surface area contributed by atoms with Crippen LogP contribution in [0.3, 0.4) is 0 Å². The first-order valence-corrected chi connectivity index (χ1v) is 6.07. The van der Waals surface area contributed by atoms with Crippen molar-refractivity contribution >= 4 is 12.1 Å². The summed E-state index contributed by atoms with van der Waals surface area (Å²) in [6, 6.07) is 0. The second kappa shape index (κ2) is 6.04. The summed E-state index contributed by atoms with van der Waals surface area (Å²) in [4.78, 5) is 24.1. The second-order valence-corrected chi connectivity index (χ2v) is 5.46. The molecule has 6 heteroatoms. The Labute approximate surface area is 108 Å². The van der Waals surface area contributed by atoms with Crippen LogP contribution >= 0.6 is 0 Å². The average molecular weight is 258 g/mol. The summed E-state index contributed by atoms with van der Waals surface area (Å²) >= 11 is 0. The van der Waals surface area contributed by atoms with E-state index in [1.807, 2.05) is 20.8 Å². The Morgan fingerprint density at radius 2 is 1.94 bits per heavy atom. The molecule has 1 aliphatic rings. The molecule has 1 N–H and O–H groups in total. The molecule has 0 bridgehead atoms. The van der Waals surface area contributed by atoms with Gasteiger partial charge in [-0.15, -0.1) is 0 Å². The van der Waals surface area contributed by atoms with Gasteiger partial charge in [-0.1, -0.05) is 0 Å². The quantitative estimate of drug-likeness (QED) is 0.749. The van der Waals surface area contributed by atoms with Crippen LogP contribution in [-0.2, 0) is 14.3 Å². The Morgan fingerprint density at radius 1 is 1.33 bits per heavy atom. The maximum absolute atomic E-state index is 11.6. The molecule has 1 amide bonds. The van der Waals surface area contributed by atoms with Crippen LogP contribution in [0.15, 0.2) is 0 Å². The Hall–Kier alpha value is -1.30. The molecule has 18 heavy (non-hydrogen) atoms. The molecule has 1 fully saturated rings. The fraction of sp³-hybridized carbons (Fsp3) is 0.833. The molecule has 0 unspecified atom stereocenters. The van der Waals surface area contributed by atoms with E-state index in [4.69, 9.17) is 4.74 Å². The van der Waals surface area contributed by atoms with E-state index < -0.39 is 5.60 Å². The van der Waals surface area contributed by atoms with Gasteiger partial charge in [0.15, 0.2) is 0 Å². The molecule has 0 atom stereocenters. The third kappa shape index (κ3) is 4.91. The van der Waals surface area contributed by atoms with Crippen molar-refractivity contribution in [2.75, 3.05) is 33.3 Å². The maximum Gasteiger partial charge on any atom is 0.410 e. The zero-order valence-electron chi connectivity index (χ0n) is 11.5. The number of carbonyl (C=O) groups excluding carboxylic acids is 2. The Kier molecular flexibility index (Phi) is 4.95. The molecule has 0 saturated carbocycles. The number of nitrogens with zero attached hydrogens (tertiary/aromatic N) is 1. The molecular weight excluding hydrogens is 236 g/mol. The molecule has 104 valence electrons. The molecule has 0 spiro atoms. The first-order chi connectivity index (χ1) is 8.31. The lowest BCUT2D eigenvalue weighted by molar-refractivity contribution is -0.139. The predicted octanol–water partition coefficient (Wildman–Crippen LogP) is 0.616. The van der Waals surface area contributed by atoms with Gasteiger partial charge in [0.1, 0.15) is 5.60 Å². The van der Waals surface area contributed by atoms with Gasteiger partial charge in [0, 0.05) is 25.6 Å². The van der Waals surface area contributed by atoms with E-state index in [0.29, 0.717) is 25.6 Å². The Balaban J connectivity index is 2.12. The first-order valence-electron chi connectivity index (χ1n) is 6.07. The molecular formula is C12H22N2O4. The highest BCUT2D eigenvalue weighted by molar-refractivity contribution is 5.71. The number of likely N-dealkylation sites (tertiary alicyclic amines) is 1. The number of hydrogen-bond donors (Lipinski definition) is 1. The number of methoxy groups -OCH3 is 1. The molecule has 1 aliphatic heterocycles. The van der Waals surface area contributed by atoms with Crippen LogP contribution in [0.1, 0.15) is 20.8 Å². The number of hydrogen-bond acceptors (Lipinski definition) is 5. The predicted molar refractivity (Wildman–Crippen MR) is 66.2 cm³/mol. The molecule has 6 nitrogen and oxygen atoms in total. The summed E-state index contributed by atoms with van der Waals surface area (Å²) in [5.41, 5.74) is -0.453. The number of rotatable bonds is 4. The van der Waals surface area contributed by atoms with Crippen LogP contribution < -0.4 is 5.32 Å². The Bertz CT molecular complexity index is 306. The van der Waals surface area contributed by atoms with E-state index in [0.717, 1.165) is 0 Å². The van der Waals surface area contributed by atoms with Crippen LogP contribution in [0.4, 0.5) is 4.79 Å². The molecule has 0 aliphatic carbocycles. The molecule has 0 aromatic carbocycles. The third-order valence-electron chi connectivity index (χ3n) is 2.54. The topological polar surface area (TPSA) is 67.9 Å². The monoisotopic (exact) mass is 258 g/mol. The minimum Gasteiger partial charge on any atom is -0.468 e. The van der Waals surface area contributed by atoms with Crippen LogP contribution in [0.2, 0.25) is 0 Å². The summed E-state index contributed by atoms with van der Waals surface area (Å²) in [6.07, 6.45) is -0.272. The van der Waals surface area contributed by atoms with Crippen molar-refractivity contribution in [3.05, 3.63) is 0 Å². The van der Waals surface area contributed by atoms with Gasteiger partial charge in [-0.25, -0.2) is 4.79 Å². The largest absolute Gasteiger partial charge is 0.468 e. The zero-order valence-corrected chi connectivity index (χ0v) is 11.5. The second-order valence-electron chi connectivity index (χ2n) is 5.46. The van der Waals surface area contributed by atoms with Gasteiger partial charge in [0.25, 0.3) is 0 Å². The fourth-order valence-corrected chi connectivity index (χ4v) is 1.63. The highest BCUT2D eigenvalue weighted by atomic mass is 16.6. The van der Waals surface area contributed by atoms with E-state index in [1.54, 1.807) is 4.90 Å². The lowest BCUT2D eigenvalue weighted by Gasteiger charge is -2.39. The van der Waals surface area contributed by atoms with Crippen molar-refractivity contribution in [2.24, 2.45) is 5.92 Å². The summed E-state index contributed by atoms with van der Waals surface area (Å²) < 4.78 is 9.75. The van der Waals surface area contributed by atoms with Crippen LogP contribution in [0, 0.1) is 5.92 Å². The number of carbonyl (C=O) groups is 2.